The van der Waals surface area contributed by atoms with Crippen molar-refractivity contribution in [1.29, 1.82) is 0 Å². The van der Waals surface area contributed by atoms with Crippen LogP contribution in [0.4, 0.5) is 4.39 Å². The summed E-state index contributed by atoms with van der Waals surface area (Å²) < 4.78 is 23.0. The summed E-state index contributed by atoms with van der Waals surface area (Å²) in [6.45, 7) is 1.58. The average Bonchev–Trinajstić information content (AvgIpc) is 2.20. The van der Waals surface area contributed by atoms with Crippen LogP contribution in [0.1, 0.15) is 17.3 Å². The third-order valence-corrected chi connectivity index (χ3v) is 1.80. The summed E-state index contributed by atoms with van der Waals surface area (Å²) in [6, 6.07) is 3.33. The predicted octanol–water partition coefficient (Wildman–Crippen LogP) is 1.90. The SMILES string of the molecule is COC(C)Oc1cc(C(=O)O)ccc1F. The Morgan fingerprint density at radius 2 is 2.20 bits per heavy atom. The molecule has 0 radical (unpaired) electrons. The Bertz CT molecular complexity index is 364. The van der Waals surface area contributed by atoms with Gasteiger partial charge in [-0.05, 0) is 25.1 Å². The van der Waals surface area contributed by atoms with E-state index in [2.05, 4.69) is 0 Å². The highest BCUT2D eigenvalue weighted by atomic mass is 19.1. The van der Waals surface area contributed by atoms with Gasteiger partial charge in [-0.15, -0.1) is 0 Å². The number of benzene rings is 1. The first-order chi connectivity index (χ1) is 7.04. The van der Waals surface area contributed by atoms with Crippen molar-refractivity contribution < 1.29 is 23.8 Å². The van der Waals surface area contributed by atoms with Crippen LogP contribution in [0.25, 0.3) is 0 Å². The normalized spacial score (nSPS) is 12.2. The number of halogens is 1. The molecule has 0 bridgehead atoms. The Labute approximate surface area is 86.2 Å². The van der Waals surface area contributed by atoms with Crippen molar-refractivity contribution in [1.82, 2.24) is 0 Å². The lowest BCUT2D eigenvalue weighted by Crippen LogP contribution is -2.14. The van der Waals surface area contributed by atoms with Gasteiger partial charge in [0.25, 0.3) is 0 Å². The number of ether oxygens (including phenoxy) is 2. The molecule has 0 aromatic heterocycles. The van der Waals surface area contributed by atoms with Crippen molar-refractivity contribution in [3.8, 4) is 5.75 Å². The van der Waals surface area contributed by atoms with Gasteiger partial charge in [-0.2, -0.15) is 0 Å². The van der Waals surface area contributed by atoms with Crippen LogP contribution in [0.2, 0.25) is 0 Å². The molecule has 5 heteroatoms. The molecule has 0 aliphatic heterocycles. The van der Waals surface area contributed by atoms with Gasteiger partial charge in [0, 0.05) is 7.11 Å². The van der Waals surface area contributed by atoms with E-state index in [9.17, 15) is 9.18 Å². The molecule has 1 unspecified atom stereocenters. The zero-order valence-electron chi connectivity index (χ0n) is 8.36. The minimum atomic E-state index is -1.13. The van der Waals surface area contributed by atoms with Gasteiger partial charge in [-0.25, -0.2) is 9.18 Å². The van der Waals surface area contributed by atoms with Crippen LogP contribution in [0.5, 0.6) is 5.75 Å². The summed E-state index contributed by atoms with van der Waals surface area (Å²) >= 11 is 0. The first-order valence-corrected chi connectivity index (χ1v) is 4.27. The van der Waals surface area contributed by atoms with Gasteiger partial charge in [0.2, 0.25) is 0 Å². The van der Waals surface area contributed by atoms with Gasteiger partial charge in [-0.1, -0.05) is 0 Å². The Balaban J connectivity index is 2.95. The molecule has 1 atom stereocenters. The van der Waals surface area contributed by atoms with Crippen molar-refractivity contribution in [3.63, 3.8) is 0 Å². The number of hydrogen-bond donors (Lipinski definition) is 1. The summed E-state index contributed by atoms with van der Waals surface area (Å²) in [7, 11) is 1.41. The van der Waals surface area contributed by atoms with Crippen molar-refractivity contribution in [2.45, 2.75) is 13.2 Å². The number of carbonyl (C=O) groups is 1. The van der Waals surface area contributed by atoms with Crippen LogP contribution < -0.4 is 4.74 Å². The molecule has 15 heavy (non-hydrogen) atoms. The number of aromatic carboxylic acids is 1. The Hall–Kier alpha value is -1.62. The topological polar surface area (TPSA) is 55.8 Å². The third-order valence-electron chi connectivity index (χ3n) is 1.80. The molecular weight excluding hydrogens is 203 g/mol. The molecule has 82 valence electrons. The maximum Gasteiger partial charge on any atom is 0.335 e. The Kier molecular flexibility index (Phi) is 3.62. The molecule has 1 rings (SSSR count). The largest absolute Gasteiger partial charge is 0.478 e. The van der Waals surface area contributed by atoms with Crippen LogP contribution >= 0.6 is 0 Å². The third kappa shape index (κ3) is 2.92. The van der Waals surface area contributed by atoms with E-state index >= 15 is 0 Å². The number of hydrogen-bond acceptors (Lipinski definition) is 3. The van der Waals surface area contributed by atoms with Crippen molar-refractivity contribution in [2.24, 2.45) is 0 Å². The molecule has 0 saturated carbocycles. The maximum atomic E-state index is 13.2. The molecule has 1 aromatic carbocycles. The predicted molar refractivity (Wildman–Crippen MR) is 50.5 cm³/mol. The number of carboxylic acid groups (broad SMARTS) is 1. The molecule has 0 aliphatic carbocycles. The zero-order chi connectivity index (χ0) is 11.4. The van der Waals surface area contributed by atoms with Gasteiger partial charge in [0.05, 0.1) is 5.56 Å². The summed E-state index contributed by atoms with van der Waals surface area (Å²) in [5.74, 6) is -1.89. The van der Waals surface area contributed by atoms with E-state index < -0.39 is 18.1 Å². The monoisotopic (exact) mass is 214 g/mol. The van der Waals surface area contributed by atoms with Gasteiger partial charge in [0.15, 0.2) is 17.9 Å². The first-order valence-electron chi connectivity index (χ1n) is 4.27. The molecule has 0 saturated heterocycles. The van der Waals surface area contributed by atoms with E-state index in [1.807, 2.05) is 0 Å². The van der Waals surface area contributed by atoms with Crippen LogP contribution in [0, 0.1) is 5.82 Å². The minimum Gasteiger partial charge on any atom is -0.478 e. The highest BCUT2D eigenvalue weighted by Gasteiger charge is 2.11. The highest BCUT2D eigenvalue weighted by molar-refractivity contribution is 5.88. The molecular formula is C10H11FO4. The summed E-state index contributed by atoms with van der Waals surface area (Å²) in [6.07, 6.45) is -0.636. The molecule has 0 fully saturated rings. The second-order valence-corrected chi connectivity index (χ2v) is 2.87. The van der Waals surface area contributed by atoms with Gasteiger partial charge >= 0.3 is 5.97 Å². The molecule has 1 aromatic rings. The van der Waals surface area contributed by atoms with Crippen molar-refractivity contribution in [2.75, 3.05) is 7.11 Å². The highest BCUT2D eigenvalue weighted by Crippen LogP contribution is 2.20. The summed E-state index contributed by atoms with van der Waals surface area (Å²) in [4.78, 5) is 10.6. The van der Waals surface area contributed by atoms with Crippen LogP contribution in [-0.4, -0.2) is 24.5 Å². The lowest BCUT2D eigenvalue weighted by atomic mass is 10.2. The smallest absolute Gasteiger partial charge is 0.335 e. The number of rotatable bonds is 4. The number of carboxylic acids is 1. The molecule has 0 heterocycles. The van der Waals surface area contributed by atoms with E-state index in [-0.39, 0.29) is 11.3 Å². The minimum absolute atomic E-state index is 0.0327. The molecule has 0 amide bonds. The average molecular weight is 214 g/mol. The van der Waals surface area contributed by atoms with Crippen molar-refractivity contribution >= 4 is 5.97 Å². The van der Waals surface area contributed by atoms with Crippen LogP contribution in [0.3, 0.4) is 0 Å². The van der Waals surface area contributed by atoms with Gasteiger partial charge in [-0.3, -0.25) is 0 Å². The second kappa shape index (κ2) is 4.75. The van der Waals surface area contributed by atoms with Gasteiger partial charge in [0.1, 0.15) is 0 Å². The molecule has 4 nitrogen and oxygen atoms in total. The van der Waals surface area contributed by atoms with E-state index in [0.29, 0.717) is 0 Å². The molecule has 1 N–H and O–H groups in total. The standard InChI is InChI=1S/C10H11FO4/c1-6(14-2)15-9-5-7(10(12)13)3-4-8(9)11/h3-6H,1-2H3,(H,12,13). The lowest BCUT2D eigenvalue weighted by Gasteiger charge is -2.13. The maximum absolute atomic E-state index is 13.2. The fraction of sp³-hybridized carbons (Fsp3) is 0.300. The lowest BCUT2D eigenvalue weighted by molar-refractivity contribution is -0.0404. The van der Waals surface area contributed by atoms with E-state index in [1.54, 1.807) is 6.92 Å². The Morgan fingerprint density at radius 3 is 2.73 bits per heavy atom. The molecule has 0 spiro atoms. The summed E-state index contributed by atoms with van der Waals surface area (Å²) in [5, 5.41) is 8.68. The first kappa shape index (κ1) is 11.5. The fourth-order valence-corrected chi connectivity index (χ4v) is 0.954. The van der Waals surface area contributed by atoms with Gasteiger partial charge < -0.3 is 14.6 Å². The van der Waals surface area contributed by atoms with Crippen LogP contribution in [-0.2, 0) is 4.74 Å². The van der Waals surface area contributed by atoms with Crippen molar-refractivity contribution in [3.05, 3.63) is 29.6 Å². The molecule has 0 aliphatic rings. The Morgan fingerprint density at radius 1 is 1.53 bits per heavy atom. The van der Waals surface area contributed by atoms with E-state index in [4.69, 9.17) is 14.6 Å². The fourth-order valence-electron chi connectivity index (χ4n) is 0.954. The van der Waals surface area contributed by atoms with E-state index in [0.717, 1.165) is 12.1 Å². The zero-order valence-corrected chi connectivity index (χ0v) is 8.36. The second-order valence-electron chi connectivity index (χ2n) is 2.87. The van der Waals surface area contributed by atoms with E-state index in [1.165, 1.54) is 13.2 Å². The quantitative estimate of drug-likeness (QED) is 0.777. The summed E-state index contributed by atoms with van der Waals surface area (Å²) in [5.41, 5.74) is -0.0327. The number of methoxy groups -OCH3 is 1. The van der Waals surface area contributed by atoms with Crippen LogP contribution in [0.15, 0.2) is 18.2 Å².